The highest BCUT2D eigenvalue weighted by Crippen LogP contribution is 2.27. The second-order valence-electron chi connectivity index (χ2n) is 5.54. The lowest BCUT2D eigenvalue weighted by Crippen LogP contribution is -2.13. The quantitative estimate of drug-likeness (QED) is 0.882. The third kappa shape index (κ3) is 3.76. The average molecular weight is 283 g/mol. The van der Waals surface area contributed by atoms with Crippen LogP contribution >= 0.6 is 0 Å². The van der Waals surface area contributed by atoms with E-state index in [-0.39, 0.29) is 6.04 Å². The van der Waals surface area contributed by atoms with E-state index in [2.05, 4.69) is 24.3 Å². The van der Waals surface area contributed by atoms with E-state index >= 15 is 0 Å². The molecule has 1 aliphatic carbocycles. The van der Waals surface area contributed by atoms with Crippen molar-refractivity contribution < 1.29 is 9.47 Å². The van der Waals surface area contributed by atoms with Gasteiger partial charge in [-0.05, 0) is 54.7 Å². The topological polar surface area (TPSA) is 44.5 Å². The van der Waals surface area contributed by atoms with E-state index < -0.39 is 0 Å². The summed E-state index contributed by atoms with van der Waals surface area (Å²) in [5.41, 5.74) is 8.63. The zero-order valence-electron chi connectivity index (χ0n) is 12.3. The zero-order chi connectivity index (χ0) is 14.7. The molecule has 0 aromatic heterocycles. The van der Waals surface area contributed by atoms with Crippen molar-refractivity contribution in [3.8, 4) is 11.5 Å². The molecule has 0 heterocycles. The Hall–Kier alpha value is -2.00. The molecule has 0 amide bonds. The lowest BCUT2D eigenvalue weighted by atomic mass is 9.99. The van der Waals surface area contributed by atoms with Crippen LogP contribution in [0.3, 0.4) is 0 Å². The molecule has 1 unspecified atom stereocenters. The highest BCUT2D eigenvalue weighted by Gasteiger charge is 2.23. The van der Waals surface area contributed by atoms with Crippen molar-refractivity contribution >= 4 is 0 Å². The highest BCUT2D eigenvalue weighted by molar-refractivity contribution is 5.32. The summed E-state index contributed by atoms with van der Waals surface area (Å²) < 4.78 is 10.9. The van der Waals surface area contributed by atoms with Crippen molar-refractivity contribution in [3.63, 3.8) is 0 Å². The standard InChI is InChI=1S/C18H21NO2/c1-20-15-6-2-13(3-7-15)12-18(19)14-4-8-16(9-5-14)21-17-10-11-17/h2-9,17-18H,10-12,19H2,1H3. The molecule has 21 heavy (non-hydrogen) atoms. The van der Waals surface area contributed by atoms with Crippen LogP contribution < -0.4 is 15.2 Å². The van der Waals surface area contributed by atoms with Crippen molar-refractivity contribution in [2.75, 3.05) is 7.11 Å². The van der Waals surface area contributed by atoms with Gasteiger partial charge in [-0.25, -0.2) is 0 Å². The second-order valence-corrected chi connectivity index (χ2v) is 5.54. The SMILES string of the molecule is COc1ccc(CC(N)c2ccc(OC3CC3)cc2)cc1. The lowest BCUT2D eigenvalue weighted by molar-refractivity contribution is 0.303. The molecule has 0 saturated heterocycles. The van der Waals surface area contributed by atoms with Gasteiger partial charge in [-0.15, -0.1) is 0 Å². The Morgan fingerprint density at radius 1 is 1.00 bits per heavy atom. The Labute approximate surface area is 125 Å². The highest BCUT2D eigenvalue weighted by atomic mass is 16.5. The average Bonchev–Trinajstić information content (AvgIpc) is 3.33. The molecule has 1 atom stereocenters. The molecule has 2 aromatic carbocycles. The van der Waals surface area contributed by atoms with Gasteiger partial charge in [-0.2, -0.15) is 0 Å². The summed E-state index contributed by atoms with van der Waals surface area (Å²) in [6.07, 6.45) is 3.61. The van der Waals surface area contributed by atoms with E-state index in [1.807, 2.05) is 24.3 Å². The summed E-state index contributed by atoms with van der Waals surface area (Å²) in [6.45, 7) is 0. The van der Waals surface area contributed by atoms with Gasteiger partial charge >= 0.3 is 0 Å². The second kappa shape index (κ2) is 6.19. The molecule has 3 nitrogen and oxygen atoms in total. The van der Waals surface area contributed by atoms with Crippen LogP contribution in [0.5, 0.6) is 11.5 Å². The fraction of sp³-hybridized carbons (Fsp3) is 0.333. The molecule has 2 N–H and O–H groups in total. The Morgan fingerprint density at radius 3 is 2.19 bits per heavy atom. The van der Waals surface area contributed by atoms with E-state index in [9.17, 15) is 0 Å². The molecule has 110 valence electrons. The predicted octanol–water partition coefficient (Wildman–Crippen LogP) is 3.48. The molecular weight excluding hydrogens is 262 g/mol. The molecule has 2 aromatic rings. The van der Waals surface area contributed by atoms with Crippen molar-refractivity contribution in [1.82, 2.24) is 0 Å². The monoisotopic (exact) mass is 283 g/mol. The van der Waals surface area contributed by atoms with Crippen LogP contribution in [0.25, 0.3) is 0 Å². The third-order valence-electron chi connectivity index (χ3n) is 3.75. The number of methoxy groups -OCH3 is 1. The van der Waals surface area contributed by atoms with Crippen molar-refractivity contribution in [1.29, 1.82) is 0 Å². The van der Waals surface area contributed by atoms with Crippen LogP contribution in [0, 0.1) is 0 Å². The van der Waals surface area contributed by atoms with Gasteiger partial charge in [0, 0.05) is 6.04 Å². The molecule has 3 rings (SSSR count). The van der Waals surface area contributed by atoms with Gasteiger partial charge in [0.2, 0.25) is 0 Å². The van der Waals surface area contributed by atoms with Gasteiger partial charge < -0.3 is 15.2 Å². The van der Waals surface area contributed by atoms with Gasteiger partial charge in [0.1, 0.15) is 11.5 Å². The maximum absolute atomic E-state index is 6.29. The van der Waals surface area contributed by atoms with Crippen molar-refractivity contribution in [3.05, 3.63) is 59.7 Å². The fourth-order valence-electron chi connectivity index (χ4n) is 2.31. The van der Waals surface area contributed by atoms with Gasteiger partial charge in [-0.1, -0.05) is 24.3 Å². The Morgan fingerprint density at radius 2 is 1.62 bits per heavy atom. The molecule has 3 heteroatoms. The maximum atomic E-state index is 6.29. The first-order valence-corrected chi connectivity index (χ1v) is 7.40. The first-order chi connectivity index (χ1) is 10.2. The van der Waals surface area contributed by atoms with Gasteiger partial charge in [0.25, 0.3) is 0 Å². The molecule has 1 aliphatic rings. The third-order valence-corrected chi connectivity index (χ3v) is 3.75. The Balaban J connectivity index is 1.61. The van der Waals surface area contributed by atoms with E-state index in [4.69, 9.17) is 15.2 Å². The van der Waals surface area contributed by atoms with Crippen molar-refractivity contribution in [2.45, 2.75) is 31.4 Å². The largest absolute Gasteiger partial charge is 0.497 e. The van der Waals surface area contributed by atoms with Gasteiger partial charge in [-0.3, -0.25) is 0 Å². The van der Waals surface area contributed by atoms with E-state index in [0.29, 0.717) is 6.10 Å². The smallest absolute Gasteiger partial charge is 0.119 e. The number of ether oxygens (including phenoxy) is 2. The summed E-state index contributed by atoms with van der Waals surface area (Å²) in [7, 11) is 1.67. The molecule has 0 spiro atoms. The van der Waals surface area contributed by atoms with E-state index in [1.165, 1.54) is 18.4 Å². The Bertz CT molecular complexity index is 573. The minimum absolute atomic E-state index is 0.00614. The van der Waals surface area contributed by atoms with Crippen LogP contribution in [-0.4, -0.2) is 13.2 Å². The molecule has 1 fully saturated rings. The first kappa shape index (κ1) is 14.0. The number of nitrogens with two attached hydrogens (primary N) is 1. The summed E-state index contributed by atoms with van der Waals surface area (Å²) >= 11 is 0. The lowest BCUT2D eigenvalue weighted by Gasteiger charge is -2.13. The van der Waals surface area contributed by atoms with Crippen LogP contribution in [0.4, 0.5) is 0 Å². The number of hydrogen-bond acceptors (Lipinski definition) is 3. The zero-order valence-corrected chi connectivity index (χ0v) is 12.3. The molecule has 0 aliphatic heterocycles. The van der Waals surface area contributed by atoms with Gasteiger partial charge in [0.15, 0.2) is 0 Å². The summed E-state index contributed by atoms with van der Waals surface area (Å²) in [5.74, 6) is 1.81. The normalized spacial score (nSPS) is 15.5. The van der Waals surface area contributed by atoms with E-state index in [1.54, 1.807) is 7.11 Å². The number of benzene rings is 2. The van der Waals surface area contributed by atoms with Crippen LogP contribution in [0.15, 0.2) is 48.5 Å². The summed E-state index contributed by atoms with van der Waals surface area (Å²) in [5, 5.41) is 0. The van der Waals surface area contributed by atoms with E-state index in [0.717, 1.165) is 23.5 Å². The molecule has 0 bridgehead atoms. The minimum atomic E-state index is -0.00614. The number of rotatable bonds is 6. The van der Waals surface area contributed by atoms with Crippen LogP contribution in [0.2, 0.25) is 0 Å². The Kier molecular flexibility index (Phi) is 4.11. The van der Waals surface area contributed by atoms with Crippen molar-refractivity contribution in [2.24, 2.45) is 5.73 Å². The molecular formula is C18H21NO2. The maximum Gasteiger partial charge on any atom is 0.119 e. The van der Waals surface area contributed by atoms with Crippen LogP contribution in [0.1, 0.15) is 30.0 Å². The number of hydrogen-bond donors (Lipinski definition) is 1. The molecule has 1 saturated carbocycles. The van der Waals surface area contributed by atoms with Crippen LogP contribution in [-0.2, 0) is 6.42 Å². The minimum Gasteiger partial charge on any atom is -0.497 e. The summed E-state index contributed by atoms with van der Waals surface area (Å²) in [4.78, 5) is 0. The summed E-state index contributed by atoms with van der Waals surface area (Å²) in [6, 6.07) is 16.2. The molecule has 0 radical (unpaired) electrons. The van der Waals surface area contributed by atoms with Gasteiger partial charge in [0.05, 0.1) is 13.2 Å². The first-order valence-electron chi connectivity index (χ1n) is 7.40. The fourth-order valence-corrected chi connectivity index (χ4v) is 2.31. The predicted molar refractivity (Wildman–Crippen MR) is 83.7 cm³/mol.